The summed E-state index contributed by atoms with van der Waals surface area (Å²) in [4.78, 5) is 11.2. The first-order valence-electron chi connectivity index (χ1n) is 4.14. The number of hydrogen-bond donors (Lipinski definition) is 0. The highest BCUT2D eigenvalue weighted by Gasteiger charge is 2.35. The Hall–Kier alpha value is -0.790. The molecule has 11 heavy (non-hydrogen) atoms. The van der Waals surface area contributed by atoms with E-state index in [0.29, 0.717) is 5.92 Å². The van der Waals surface area contributed by atoms with Crippen molar-refractivity contribution in [3.05, 3.63) is 12.2 Å². The molecule has 3 unspecified atom stereocenters. The summed E-state index contributed by atoms with van der Waals surface area (Å²) in [6, 6.07) is 0. The second-order valence-corrected chi connectivity index (χ2v) is 3.41. The number of fused-ring (bicyclic) bond motifs is 2. The van der Waals surface area contributed by atoms with Crippen LogP contribution < -0.4 is 0 Å². The molecule has 2 nitrogen and oxygen atoms in total. The molecule has 1 aliphatic heterocycles. The number of ether oxygens (including phenoxy) is 1. The van der Waals surface area contributed by atoms with Gasteiger partial charge in [-0.05, 0) is 12.3 Å². The second kappa shape index (κ2) is 2.36. The van der Waals surface area contributed by atoms with E-state index in [9.17, 15) is 4.79 Å². The van der Waals surface area contributed by atoms with Crippen molar-refractivity contribution in [2.24, 2.45) is 11.8 Å². The summed E-state index contributed by atoms with van der Waals surface area (Å²) in [5, 5.41) is 0. The van der Waals surface area contributed by atoms with E-state index in [0.717, 1.165) is 12.8 Å². The molecule has 0 saturated carbocycles. The highest BCUT2D eigenvalue weighted by molar-refractivity contribution is 5.73. The van der Waals surface area contributed by atoms with Crippen LogP contribution in [0, 0.1) is 11.8 Å². The summed E-state index contributed by atoms with van der Waals surface area (Å²) in [5.74, 6) is 0.494. The maximum Gasteiger partial charge on any atom is 0.309 e. The molecule has 1 saturated heterocycles. The van der Waals surface area contributed by atoms with Crippen LogP contribution in [0.5, 0.6) is 0 Å². The molecule has 2 bridgehead atoms. The fourth-order valence-electron chi connectivity index (χ4n) is 1.80. The quantitative estimate of drug-likeness (QED) is 0.388. The summed E-state index contributed by atoms with van der Waals surface area (Å²) >= 11 is 0. The number of rotatable bonds is 0. The van der Waals surface area contributed by atoms with E-state index in [4.69, 9.17) is 4.74 Å². The fraction of sp³-hybridized carbons (Fsp3) is 0.667. The normalized spacial score (nSPS) is 41.9. The second-order valence-electron chi connectivity index (χ2n) is 3.41. The molecule has 0 aromatic rings. The van der Waals surface area contributed by atoms with Crippen molar-refractivity contribution >= 4 is 5.97 Å². The van der Waals surface area contributed by atoms with E-state index in [1.165, 1.54) is 0 Å². The minimum Gasteiger partial charge on any atom is -0.462 e. The van der Waals surface area contributed by atoms with Gasteiger partial charge in [0.05, 0.1) is 5.92 Å². The van der Waals surface area contributed by atoms with Gasteiger partial charge in [0.2, 0.25) is 0 Å². The van der Waals surface area contributed by atoms with Crippen molar-refractivity contribution in [3.8, 4) is 0 Å². The predicted molar refractivity (Wildman–Crippen MR) is 40.9 cm³/mol. The minimum absolute atomic E-state index is 0.0180. The van der Waals surface area contributed by atoms with Crippen molar-refractivity contribution < 1.29 is 9.53 Å². The lowest BCUT2D eigenvalue weighted by molar-refractivity contribution is -0.162. The molecular weight excluding hydrogens is 140 g/mol. The lowest BCUT2D eigenvalue weighted by Crippen LogP contribution is -2.37. The van der Waals surface area contributed by atoms with Crippen molar-refractivity contribution in [1.29, 1.82) is 0 Å². The molecule has 0 radical (unpaired) electrons. The fourth-order valence-corrected chi connectivity index (χ4v) is 1.80. The summed E-state index contributed by atoms with van der Waals surface area (Å²) in [7, 11) is 0. The van der Waals surface area contributed by atoms with Crippen LogP contribution in [0.25, 0.3) is 0 Å². The molecule has 1 fully saturated rings. The molecule has 2 aliphatic rings. The van der Waals surface area contributed by atoms with Crippen LogP contribution >= 0.6 is 0 Å². The van der Waals surface area contributed by atoms with E-state index in [2.05, 4.69) is 12.2 Å². The van der Waals surface area contributed by atoms with Crippen molar-refractivity contribution in [1.82, 2.24) is 0 Å². The first-order valence-corrected chi connectivity index (χ1v) is 4.14. The first-order chi connectivity index (χ1) is 5.27. The summed E-state index contributed by atoms with van der Waals surface area (Å²) in [5.41, 5.74) is 0. The summed E-state index contributed by atoms with van der Waals surface area (Å²) in [6.07, 6.45) is 6.40. The zero-order valence-corrected chi connectivity index (χ0v) is 6.62. The minimum atomic E-state index is -0.0180. The standard InChI is InChI=1S/C9H12O2/c1-6-7-3-2-4-8(5-7)11-9(6)10/h2-3,6-8H,4-5H2,1H3. The van der Waals surface area contributed by atoms with Gasteiger partial charge in [-0.15, -0.1) is 0 Å². The third-order valence-corrected chi connectivity index (χ3v) is 2.61. The molecule has 2 heteroatoms. The smallest absolute Gasteiger partial charge is 0.309 e. The topological polar surface area (TPSA) is 26.3 Å². The van der Waals surface area contributed by atoms with Gasteiger partial charge in [0.1, 0.15) is 6.10 Å². The van der Waals surface area contributed by atoms with E-state index < -0.39 is 0 Å². The molecule has 1 heterocycles. The lowest BCUT2D eigenvalue weighted by Gasteiger charge is -2.34. The lowest BCUT2D eigenvalue weighted by atomic mass is 9.82. The number of hydrogen-bond acceptors (Lipinski definition) is 2. The van der Waals surface area contributed by atoms with Crippen LogP contribution in [0.3, 0.4) is 0 Å². The highest BCUT2D eigenvalue weighted by Crippen LogP contribution is 2.32. The molecule has 0 spiro atoms. The Kier molecular flexibility index (Phi) is 1.48. The van der Waals surface area contributed by atoms with Gasteiger partial charge in [0, 0.05) is 6.42 Å². The van der Waals surface area contributed by atoms with E-state index in [1.807, 2.05) is 6.92 Å². The average molecular weight is 152 g/mol. The van der Waals surface area contributed by atoms with Gasteiger partial charge >= 0.3 is 5.97 Å². The Bertz CT molecular complexity index is 208. The molecule has 0 aromatic carbocycles. The molecule has 60 valence electrons. The van der Waals surface area contributed by atoms with E-state index in [1.54, 1.807) is 0 Å². The van der Waals surface area contributed by atoms with Gasteiger partial charge in [-0.2, -0.15) is 0 Å². The first kappa shape index (κ1) is 6.89. The number of esters is 1. The van der Waals surface area contributed by atoms with Gasteiger partial charge in [-0.1, -0.05) is 19.1 Å². The zero-order chi connectivity index (χ0) is 7.84. The average Bonchev–Trinajstić information content (AvgIpc) is 2.01. The number of carbonyl (C=O) groups is 1. The Balaban J connectivity index is 2.22. The molecular formula is C9H12O2. The van der Waals surface area contributed by atoms with Crippen LogP contribution in [0.2, 0.25) is 0 Å². The van der Waals surface area contributed by atoms with Crippen LogP contribution in [-0.4, -0.2) is 12.1 Å². The predicted octanol–water partition coefficient (Wildman–Crippen LogP) is 1.51. The Morgan fingerprint density at radius 3 is 3.27 bits per heavy atom. The van der Waals surface area contributed by atoms with Crippen molar-refractivity contribution in [2.45, 2.75) is 25.9 Å². The van der Waals surface area contributed by atoms with Gasteiger partial charge in [-0.3, -0.25) is 4.79 Å². The Labute approximate surface area is 66.2 Å². The highest BCUT2D eigenvalue weighted by atomic mass is 16.5. The van der Waals surface area contributed by atoms with Crippen LogP contribution in [0.4, 0.5) is 0 Å². The number of allylic oxidation sites excluding steroid dienone is 1. The molecule has 0 aromatic heterocycles. The molecule has 3 atom stereocenters. The van der Waals surface area contributed by atoms with Crippen LogP contribution in [0.15, 0.2) is 12.2 Å². The Morgan fingerprint density at radius 1 is 1.64 bits per heavy atom. The maximum atomic E-state index is 11.2. The number of carbonyl (C=O) groups excluding carboxylic acids is 1. The van der Waals surface area contributed by atoms with E-state index >= 15 is 0 Å². The van der Waals surface area contributed by atoms with Gasteiger partial charge in [0.15, 0.2) is 0 Å². The third-order valence-electron chi connectivity index (χ3n) is 2.61. The van der Waals surface area contributed by atoms with E-state index in [-0.39, 0.29) is 18.0 Å². The molecule has 0 amide bonds. The monoisotopic (exact) mass is 152 g/mol. The van der Waals surface area contributed by atoms with Gasteiger partial charge < -0.3 is 4.74 Å². The maximum absolute atomic E-state index is 11.2. The van der Waals surface area contributed by atoms with Gasteiger partial charge in [-0.25, -0.2) is 0 Å². The zero-order valence-electron chi connectivity index (χ0n) is 6.62. The molecule has 1 aliphatic carbocycles. The SMILES string of the molecule is CC1C(=O)OC2CC=CC1C2. The summed E-state index contributed by atoms with van der Waals surface area (Å²) in [6.45, 7) is 1.94. The van der Waals surface area contributed by atoms with Crippen molar-refractivity contribution in [3.63, 3.8) is 0 Å². The largest absolute Gasteiger partial charge is 0.462 e. The Morgan fingerprint density at radius 2 is 2.45 bits per heavy atom. The third kappa shape index (κ3) is 1.06. The van der Waals surface area contributed by atoms with Crippen LogP contribution in [0.1, 0.15) is 19.8 Å². The molecule has 0 N–H and O–H groups in total. The summed E-state index contributed by atoms with van der Waals surface area (Å²) < 4.78 is 5.18. The van der Waals surface area contributed by atoms with Gasteiger partial charge in [0.25, 0.3) is 0 Å². The van der Waals surface area contributed by atoms with Crippen LogP contribution in [-0.2, 0) is 9.53 Å². The molecule has 2 rings (SSSR count). The van der Waals surface area contributed by atoms with Crippen molar-refractivity contribution in [2.75, 3.05) is 0 Å².